The number of ether oxygens (including phenoxy) is 2. The molecule has 0 amide bonds. The highest BCUT2D eigenvalue weighted by Crippen LogP contribution is 2.31. The van der Waals surface area contributed by atoms with E-state index in [1.54, 1.807) is 14.2 Å². The summed E-state index contributed by atoms with van der Waals surface area (Å²) in [4.78, 5) is 0. The topological polar surface area (TPSA) is 22.3 Å². The molecule has 0 unspecified atom stereocenters. The normalized spacial score (nSPS) is 10.7. The number of methoxy groups -OCH3 is 2. The molecule has 0 bridgehead atoms. The van der Waals surface area contributed by atoms with E-state index in [9.17, 15) is 0 Å². The highest BCUT2D eigenvalue weighted by molar-refractivity contribution is 9.10. The van der Waals surface area contributed by atoms with Crippen LogP contribution in [-0.4, -0.2) is 14.2 Å². The van der Waals surface area contributed by atoms with Gasteiger partial charge < -0.3 is 9.47 Å². The van der Waals surface area contributed by atoms with Gasteiger partial charge in [-0.3, -0.25) is 0 Å². The van der Waals surface area contributed by atoms with Crippen molar-refractivity contribution in [1.29, 1.82) is 0 Å². The average molecular weight is 359 g/mol. The quantitative estimate of drug-likeness (QED) is 0.658. The molecule has 22 heavy (non-hydrogen) atoms. The fourth-order valence-electron chi connectivity index (χ4n) is 2.51. The van der Waals surface area contributed by atoms with Gasteiger partial charge in [-0.25, -0.2) is 4.57 Å². The number of rotatable bonds is 4. The zero-order chi connectivity index (χ0) is 15.5. The molecule has 0 saturated heterocycles. The maximum Gasteiger partial charge on any atom is 0.177 e. The molecule has 3 aromatic rings. The third-order valence-corrected chi connectivity index (χ3v) is 4.09. The average Bonchev–Trinajstić information content (AvgIpc) is 2.53. The zero-order valence-electron chi connectivity index (χ0n) is 12.5. The highest BCUT2D eigenvalue weighted by atomic mass is 79.9. The number of pyridine rings is 1. The van der Waals surface area contributed by atoms with Gasteiger partial charge in [-0.15, -0.1) is 0 Å². The summed E-state index contributed by atoms with van der Waals surface area (Å²) in [6, 6.07) is 14.4. The fraction of sp³-hybridized carbons (Fsp3) is 0.167. The number of nitrogens with zero attached hydrogens (tertiary/aromatic N) is 1. The summed E-state index contributed by atoms with van der Waals surface area (Å²) in [5.41, 5.74) is 1.25. The Labute approximate surface area is 138 Å². The number of halogens is 1. The van der Waals surface area contributed by atoms with Gasteiger partial charge in [0.05, 0.1) is 14.2 Å². The molecule has 1 aromatic heterocycles. The van der Waals surface area contributed by atoms with Crippen LogP contribution in [0.2, 0.25) is 0 Å². The molecule has 0 saturated carbocycles. The second-order valence-corrected chi connectivity index (χ2v) is 6.00. The van der Waals surface area contributed by atoms with Crippen LogP contribution in [-0.2, 0) is 6.54 Å². The molecule has 3 nitrogen and oxygen atoms in total. The van der Waals surface area contributed by atoms with Crippen molar-refractivity contribution >= 4 is 26.7 Å². The van der Waals surface area contributed by atoms with Crippen molar-refractivity contribution in [3.05, 3.63) is 64.9 Å². The summed E-state index contributed by atoms with van der Waals surface area (Å²) in [5, 5.41) is 2.25. The van der Waals surface area contributed by atoms with E-state index in [1.165, 1.54) is 5.56 Å². The maximum atomic E-state index is 5.38. The van der Waals surface area contributed by atoms with Gasteiger partial charge in [0.25, 0.3) is 0 Å². The van der Waals surface area contributed by atoms with Gasteiger partial charge in [-0.2, -0.15) is 0 Å². The first kappa shape index (κ1) is 14.9. The summed E-state index contributed by atoms with van der Waals surface area (Å²) in [6.45, 7) is 0.823. The van der Waals surface area contributed by atoms with Gasteiger partial charge in [0, 0.05) is 21.5 Å². The molecular weight excluding hydrogens is 342 g/mol. The summed E-state index contributed by atoms with van der Waals surface area (Å²) in [7, 11) is 3.31. The molecule has 112 valence electrons. The standard InChI is InChI=1S/C18H17BrNO2/c1-21-17-9-14-6-7-20(12-15(14)10-18(17)22-2)11-13-4-3-5-16(19)8-13/h3-10,12H,11H2,1-2H3/q+1. The van der Waals surface area contributed by atoms with Crippen LogP contribution >= 0.6 is 15.9 Å². The van der Waals surface area contributed by atoms with Crippen LogP contribution in [0.4, 0.5) is 0 Å². The third-order valence-electron chi connectivity index (χ3n) is 3.59. The summed E-state index contributed by atoms with van der Waals surface area (Å²) >= 11 is 3.51. The minimum Gasteiger partial charge on any atom is -0.493 e. The van der Waals surface area contributed by atoms with Gasteiger partial charge in [0.2, 0.25) is 0 Å². The minimum atomic E-state index is 0.746. The van der Waals surface area contributed by atoms with Crippen LogP contribution in [0, 0.1) is 0 Å². The smallest absolute Gasteiger partial charge is 0.177 e. The van der Waals surface area contributed by atoms with E-state index < -0.39 is 0 Å². The Balaban J connectivity index is 1.98. The molecule has 0 radical (unpaired) electrons. The van der Waals surface area contributed by atoms with Crippen molar-refractivity contribution in [1.82, 2.24) is 0 Å². The first-order chi connectivity index (χ1) is 10.7. The first-order valence-electron chi connectivity index (χ1n) is 6.99. The van der Waals surface area contributed by atoms with Crippen molar-refractivity contribution in [3.8, 4) is 11.5 Å². The van der Waals surface area contributed by atoms with E-state index in [4.69, 9.17) is 9.47 Å². The van der Waals surface area contributed by atoms with Crippen molar-refractivity contribution in [2.24, 2.45) is 0 Å². The van der Waals surface area contributed by atoms with Crippen molar-refractivity contribution in [2.45, 2.75) is 6.54 Å². The second-order valence-electron chi connectivity index (χ2n) is 5.08. The Morgan fingerprint density at radius 1 is 0.955 bits per heavy atom. The molecular formula is C18H17BrNO2+. The van der Waals surface area contributed by atoms with Crippen molar-refractivity contribution in [3.63, 3.8) is 0 Å². The van der Waals surface area contributed by atoms with Crippen LogP contribution < -0.4 is 14.0 Å². The number of benzene rings is 2. The fourth-order valence-corrected chi connectivity index (χ4v) is 2.96. The lowest BCUT2D eigenvalue weighted by atomic mass is 10.1. The van der Waals surface area contributed by atoms with Crippen LogP contribution in [0.25, 0.3) is 10.8 Å². The van der Waals surface area contributed by atoms with Gasteiger partial charge >= 0.3 is 0 Å². The Hall–Kier alpha value is -2.07. The van der Waals surface area contributed by atoms with Crippen LogP contribution in [0.15, 0.2) is 59.3 Å². The molecule has 0 aliphatic rings. The lowest BCUT2D eigenvalue weighted by Gasteiger charge is -2.08. The lowest BCUT2D eigenvalue weighted by molar-refractivity contribution is -0.687. The first-order valence-corrected chi connectivity index (χ1v) is 7.78. The van der Waals surface area contributed by atoms with E-state index in [1.807, 2.05) is 18.2 Å². The van der Waals surface area contributed by atoms with Crippen molar-refractivity contribution in [2.75, 3.05) is 14.2 Å². The summed E-state index contributed by atoms with van der Waals surface area (Å²) in [6.07, 6.45) is 4.20. The summed E-state index contributed by atoms with van der Waals surface area (Å²) < 4.78 is 14.0. The Bertz CT molecular complexity index is 817. The Morgan fingerprint density at radius 2 is 1.68 bits per heavy atom. The number of fused-ring (bicyclic) bond motifs is 1. The molecule has 0 N–H and O–H groups in total. The van der Waals surface area contributed by atoms with E-state index in [0.29, 0.717) is 0 Å². The molecule has 3 rings (SSSR count). The van der Waals surface area contributed by atoms with Gasteiger partial charge in [-0.05, 0) is 29.7 Å². The predicted octanol–water partition coefficient (Wildman–Crippen LogP) is 3.96. The van der Waals surface area contributed by atoms with Crippen LogP contribution in [0.1, 0.15) is 5.56 Å². The summed E-state index contributed by atoms with van der Waals surface area (Å²) in [5.74, 6) is 1.50. The molecule has 0 atom stereocenters. The SMILES string of the molecule is COc1cc2cc[n+](Cc3cccc(Br)c3)cc2cc1OC. The second kappa shape index (κ2) is 6.36. The Morgan fingerprint density at radius 3 is 2.36 bits per heavy atom. The lowest BCUT2D eigenvalue weighted by Crippen LogP contribution is -2.33. The van der Waals surface area contributed by atoms with Crippen LogP contribution in [0.3, 0.4) is 0 Å². The third kappa shape index (κ3) is 3.07. The molecule has 0 fully saturated rings. The zero-order valence-corrected chi connectivity index (χ0v) is 14.1. The Kier molecular flexibility index (Phi) is 4.29. The molecule has 1 heterocycles. The van der Waals surface area contributed by atoms with Gasteiger partial charge in [0.15, 0.2) is 30.4 Å². The molecule has 0 aliphatic heterocycles. The molecule has 4 heteroatoms. The van der Waals surface area contributed by atoms with E-state index >= 15 is 0 Å². The van der Waals surface area contributed by atoms with E-state index in [2.05, 4.69) is 57.2 Å². The number of hydrogen-bond acceptors (Lipinski definition) is 2. The van der Waals surface area contributed by atoms with Gasteiger partial charge in [-0.1, -0.05) is 28.1 Å². The highest BCUT2D eigenvalue weighted by Gasteiger charge is 2.10. The van der Waals surface area contributed by atoms with E-state index in [-0.39, 0.29) is 0 Å². The van der Waals surface area contributed by atoms with Crippen LogP contribution in [0.5, 0.6) is 11.5 Å². The number of hydrogen-bond donors (Lipinski definition) is 0. The minimum absolute atomic E-state index is 0.746. The monoisotopic (exact) mass is 358 g/mol. The maximum absolute atomic E-state index is 5.38. The number of aromatic nitrogens is 1. The molecule has 2 aromatic carbocycles. The van der Waals surface area contributed by atoms with E-state index in [0.717, 1.165) is 33.3 Å². The molecule has 0 spiro atoms. The predicted molar refractivity (Wildman–Crippen MR) is 90.5 cm³/mol. The molecule has 0 aliphatic carbocycles. The largest absolute Gasteiger partial charge is 0.493 e. The van der Waals surface area contributed by atoms with Crippen molar-refractivity contribution < 1.29 is 14.0 Å². The van der Waals surface area contributed by atoms with Gasteiger partial charge in [0.1, 0.15) is 0 Å².